The second kappa shape index (κ2) is 18.3. The van der Waals surface area contributed by atoms with Crippen LogP contribution < -0.4 is 0 Å². The summed E-state index contributed by atoms with van der Waals surface area (Å²) in [5.41, 5.74) is -1.94. The van der Waals surface area contributed by atoms with E-state index in [2.05, 4.69) is 18.7 Å². The van der Waals surface area contributed by atoms with E-state index in [-0.39, 0.29) is 43.3 Å². The smallest absolute Gasteiger partial charge is 0.410 e. The van der Waals surface area contributed by atoms with E-state index in [0.29, 0.717) is 37.4 Å². The molecule has 4 N–H and O–H groups in total. The minimum atomic E-state index is -1.49. The third-order valence-electron chi connectivity index (χ3n) is 10.1. The number of esters is 1. The summed E-state index contributed by atoms with van der Waals surface area (Å²) >= 11 is 0. The quantitative estimate of drug-likeness (QED) is 0.106. The van der Waals surface area contributed by atoms with E-state index in [1.165, 1.54) is 0 Å². The minimum absolute atomic E-state index is 0.0116. The first-order valence-electron chi connectivity index (χ1n) is 18.3. The summed E-state index contributed by atoms with van der Waals surface area (Å²) in [4.78, 5) is 30.3. The first kappa shape index (κ1) is 41.1. The van der Waals surface area contributed by atoms with Gasteiger partial charge in [0.25, 0.3) is 0 Å². The monoisotopic (exact) mass is 692 g/mol. The largest absolute Gasteiger partial charge is 0.457 e. The van der Waals surface area contributed by atoms with Crippen LogP contribution in [0.5, 0.6) is 0 Å². The maximum atomic E-state index is 13.4. The zero-order valence-corrected chi connectivity index (χ0v) is 31.1. The molecule has 0 aromatic rings. The highest BCUT2D eigenvalue weighted by Gasteiger charge is 2.47. The van der Waals surface area contributed by atoms with Crippen LogP contribution in [-0.2, 0) is 19.0 Å². The molecule has 3 aliphatic rings. The Morgan fingerprint density at radius 1 is 1.20 bits per heavy atom. The Labute approximate surface area is 294 Å². The number of carbonyl (C=O) groups is 2. The molecule has 3 aliphatic heterocycles. The van der Waals surface area contributed by atoms with Crippen molar-refractivity contribution in [1.82, 2.24) is 9.80 Å². The summed E-state index contributed by atoms with van der Waals surface area (Å²) in [6.45, 7) is 19.0. The molecular weight excluding hydrogens is 628 g/mol. The number of epoxide rings is 1. The minimum Gasteiger partial charge on any atom is -0.457 e. The third-order valence-corrected chi connectivity index (χ3v) is 10.1. The number of hydrogen-bond donors (Lipinski definition) is 4. The third kappa shape index (κ3) is 13.1. The van der Waals surface area contributed by atoms with Gasteiger partial charge in [-0.2, -0.15) is 0 Å². The van der Waals surface area contributed by atoms with Crippen molar-refractivity contribution in [3.05, 3.63) is 36.0 Å². The van der Waals surface area contributed by atoms with E-state index in [4.69, 9.17) is 14.2 Å². The summed E-state index contributed by atoms with van der Waals surface area (Å²) in [7, 11) is 0. The molecule has 1 amide bonds. The van der Waals surface area contributed by atoms with Crippen molar-refractivity contribution < 1.29 is 44.2 Å². The second-order valence-electron chi connectivity index (χ2n) is 15.6. The number of aliphatic hydroxyl groups is 4. The molecule has 11 nitrogen and oxygen atoms in total. The molecule has 0 aromatic carbocycles. The summed E-state index contributed by atoms with van der Waals surface area (Å²) < 4.78 is 17.6. The highest BCUT2D eigenvalue weighted by atomic mass is 16.6. The van der Waals surface area contributed by atoms with Gasteiger partial charge < -0.3 is 44.4 Å². The first-order valence-corrected chi connectivity index (χ1v) is 18.3. The predicted octanol–water partition coefficient (Wildman–Crippen LogP) is 4.37. The van der Waals surface area contributed by atoms with Gasteiger partial charge >= 0.3 is 12.1 Å². The van der Waals surface area contributed by atoms with Gasteiger partial charge in [-0.3, -0.25) is 4.79 Å². The van der Waals surface area contributed by atoms with Crippen LogP contribution in [0.2, 0.25) is 0 Å². The Kier molecular flexibility index (Phi) is 15.4. The van der Waals surface area contributed by atoms with Gasteiger partial charge in [-0.15, -0.1) is 0 Å². The Balaban J connectivity index is 1.74. The zero-order valence-electron chi connectivity index (χ0n) is 31.1. The lowest BCUT2D eigenvalue weighted by Gasteiger charge is -2.34. The van der Waals surface area contributed by atoms with Crippen molar-refractivity contribution in [2.24, 2.45) is 17.8 Å². The van der Waals surface area contributed by atoms with Gasteiger partial charge in [0.05, 0.1) is 36.4 Å². The molecule has 0 aromatic heterocycles. The average Bonchev–Trinajstić information content (AvgIpc) is 3.81. The van der Waals surface area contributed by atoms with Gasteiger partial charge in [0, 0.05) is 44.4 Å². The number of hydrogen-bond acceptors (Lipinski definition) is 10. The van der Waals surface area contributed by atoms with E-state index in [0.717, 1.165) is 26.1 Å². The van der Waals surface area contributed by atoms with Crippen molar-refractivity contribution in [3.63, 3.8) is 0 Å². The van der Waals surface area contributed by atoms with Crippen LogP contribution in [0.4, 0.5) is 4.79 Å². The predicted molar refractivity (Wildman–Crippen MR) is 189 cm³/mol. The summed E-state index contributed by atoms with van der Waals surface area (Å²) in [6, 6.07) is 0. The summed E-state index contributed by atoms with van der Waals surface area (Å²) in [6.07, 6.45) is 6.60. The molecular formula is C38H64N2O9. The lowest BCUT2D eigenvalue weighted by atomic mass is 9.88. The molecule has 3 rings (SSSR count). The average molecular weight is 693 g/mol. The number of carbonyl (C=O) groups excluding carboxylic acids is 2. The zero-order chi connectivity index (χ0) is 36.5. The highest BCUT2D eigenvalue weighted by molar-refractivity contribution is 5.70. The highest BCUT2D eigenvalue weighted by Crippen LogP contribution is 2.37. The molecule has 0 radical (unpaired) electrons. The topological polar surface area (TPSA) is 153 Å². The Hall–Kier alpha value is -2.28. The number of amides is 1. The number of rotatable bonds is 11. The lowest BCUT2D eigenvalue weighted by molar-refractivity contribution is -0.151. The van der Waals surface area contributed by atoms with Crippen molar-refractivity contribution in [2.75, 3.05) is 32.7 Å². The lowest BCUT2D eigenvalue weighted by Crippen LogP contribution is -2.46. The van der Waals surface area contributed by atoms with Crippen LogP contribution in [0.25, 0.3) is 0 Å². The number of aliphatic hydroxyl groups excluding tert-OH is 2. The van der Waals surface area contributed by atoms with Gasteiger partial charge in [0.15, 0.2) is 6.10 Å². The summed E-state index contributed by atoms with van der Waals surface area (Å²) in [5.74, 6) is -0.413. The van der Waals surface area contributed by atoms with Crippen molar-refractivity contribution in [3.8, 4) is 0 Å². The van der Waals surface area contributed by atoms with Crippen LogP contribution in [0.1, 0.15) is 93.9 Å². The molecule has 10 unspecified atom stereocenters. The van der Waals surface area contributed by atoms with Crippen molar-refractivity contribution in [2.45, 2.75) is 142 Å². The maximum absolute atomic E-state index is 13.4. The molecule has 2 fully saturated rings. The number of ether oxygens (including phenoxy) is 3. The number of allylic oxidation sites excluding steroid dienone is 2. The molecule has 0 aliphatic carbocycles. The SMILES string of the molecule is CCC(O)C(C)C1OC1CC(C)(O)/C=C/C=C(\C)C1OC(=O)CC(O)CCC(C)(O)C(OC(=O)N2CCCN(CC(C)C)CC2)/C=C/C1C. The molecule has 0 saturated carbocycles. The summed E-state index contributed by atoms with van der Waals surface area (Å²) in [5, 5.41) is 43.3. The Bertz CT molecular complexity index is 1170. The van der Waals surface area contributed by atoms with Gasteiger partial charge in [-0.25, -0.2) is 4.79 Å². The van der Waals surface area contributed by atoms with Gasteiger partial charge in [0.2, 0.25) is 0 Å². The molecule has 280 valence electrons. The standard InChI is InChI=1S/C38H64N2O9/c1-9-30(42)28(6)35-31(47-35)23-37(7,45)16-10-12-26(4)34-27(5)13-14-32(38(8,46)17-15-29(41)22-33(43)49-34)48-36(44)40-19-11-18-39(20-21-40)24-25(2)3/h10,12-14,16,25,27-32,34-35,41-42,45-46H,9,11,15,17-24H2,1-8H3/b14-13+,16-10+,26-12+. The van der Waals surface area contributed by atoms with Crippen LogP contribution in [0.15, 0.2) is 36.0 Å². The van der Waals surface area contributed by atoms with Crippen LogP contribution >= 0.6 is 0 Å². The maximum Gasteiger partial charge on any atom is 0.410 e. The van der Waals surface area contributed by atoms with E-state index >= 15 is 0 Å². The molecule has 3 heterocycles. The van der Waals surface area contributed by atoms with Crippen molar-refractivity contribution in [1.29, 1.82) is 0 Å². The van der Waals surface area contributed by atoms with Gasteiger partial charge in [0.1, 0.15) is 11.7 Å². The number of cyclic esters (lactones) is 1. The Morgan fingerprint density at radius 3 is 2.59 bits per heavy atom. The fraction of sp³-hybridized carbons (Fsp3) is 0.789. The second-order valence-corrected chi connectivity index (χ2v) is 15.6. The molecule has 10 atom stereocenters. The fourth-order valence-corrected chi connectivity index (χ4v) is 6.84. The number of nitrogens with zero attached hydrogens (tertiary/aromatic N) is 2. The van der Waals surface area contributed by atoms with Gasteiger partial charge in [-0.05, 0) is 70.6 Å². The molecule has 0 spiro atoms. The van der Waals surface area contributed by atoms with E-state index in [9.17, 15) is 30.0 Å². The molecule has 2 saturated heterocycles. The first-order chi connectivity index (χ1) is 22.9. The Morgan fingerprint density at radius 2 is 1.92 bits per heavy atom. The normalized spacial score (nSPS) is 34.3. The fourth-order valence-electron chi connectivity index (χ4n) is 6.84. The van der Waals surface area contributed by atoms with Crippen molar-refractivity contribution >= 4 is 12.1 Å². The van der Waals surface area contributed by atoms with Crippen LogP contribution in [0.3, 0.4) is 0 Å². The molecule has 11 heteroatoms. The van der Waals surface area contributed by atoms with E-state index < -0.39 is 47.7 Å². The molecule has 49 heavy (non-hydrogen) atoms. The van der Waals surface area contributed by atoms with E-state index in [1.807, 2.05) is 27.7 Å². The van der Waals surface area contributed by atoms with Gasteiger partial charge in [-0.1, -0.05) is 58.9 Å². The molecule has 0 bridgehead atoms. The van der Waals surface area contributed by atoms with Crippen LogP contribution in [-0.4, -0.2) is 123 Å². The van der Waals surface area contributed by atoms with Crippen LogP contribution in [0, 0.1) is 17.8 Å². The van der Waals surface area contributed by atoms with E-state index in [1.54, 1.807) is 49.1 Å².